The molecule has 1 aromatic heterocycles. The lowest BCUT2D eigenvalue weighted by Gasteiger charge is -2.27. The molecule has 1 unspecified atom stereocenters. The van der Waals surface area contributed by atoms with Crippen molar-refractivity contribution >= 4 is 17.5 Å². The molecule has 0 N–H and O–H groups in total. The van der Waals surface area contributed by atoms with E-state index in [0.717, 1.165) is 25.9 Å². The van der Waals surface area contributed by atoms with E-state index in [9.17, 15) is 4.79 Å². The lowest BCUT2D eigenvalue weighted by atomic mass is 10.1. The molecule has 0 radical (unpaired) electrons. The number of halogens is 1. The molecule has 18 heavy (non-hydrogen) atoms. The van der Waals surface area contributed by atoms with Gasteiger partial charge in [0.05, 0.1) is 18.5 Å². The van der Waals surface area contributed by atoms with Gasteiger partial charge in [-0.25, -0.2) is 4.98 Å². The summed E-state index contributed by atoms with van der Waals surface area (Å²) < 4.78 is 5.60. The second-order valence-electron chi connectivity index (χ2n) is 4.40. The average Bonchev–Trinajstić information content (AvgIpc) is 2.39. The van der Waals surface area contributed by atoms with Crippen molar-refractivity contribution in [2.24, 2.45) is 0 Å². The Bertz CT molecular complexity index is 422. The highest BCUT2D eigenvalue weighted by Gasteiger charge is 2.20. The molecule has 6 heteroatoms. The van der Waals surface area contributed by atoms with Gasteiger partial charge >= 0.3 is 0 Å². The van der Waals surface area contributed by atoms with Gasteiger partial charge in [0.15, 0.2) is 0 Å². The van der Waals surface area contributed by atoms with Crippen LogP contribution in [0.2, 0.25) is 5.15 Å². The first-order chi connectivity index (χ1) is 8.66. The Kier molecular flexibility index (Phi) is 4.49. The zero-order valence-electron chi connectivity index (χ0n) is 10.3. The van der Waals surface area contributed by atoms with Gasteiger partial charge in [-0.15, -0.1) is 0 Å². The van der Waals surface area contributed by atoms with Gasteiger partial charge in [-0.05, 0) is 19.3 Å². The molecule has 0 saturated carbocycles. The second kappa shape index (κ2) is 6.11. The molecular formula is C12H16ClN3O2. The highest BCUT2D eigenvalue weighted by atomic mass is 35.5. The quantitative estimate of drug-likeness (QED) is 0.839. The minimum absolute atomic E-state index is 0.125. The molecule has 5 nitrogen and oxygen atoms in total. The van der Waals surface area contributed by atoms with Crippen molar-refractivity contribution in [1.29, 1.82) is 0 Å². The lowest BCUT2D eigenvalue weighted by Crippen LogP contribution is -2.37. The summed E-state index contributed by atoms with van der Waals surface area (Å²) in [7, 11) is 1.74. The van der Waals surface area contributed by atoms with E-state index in [0.29, 0.717) is 6.54 Å². The summed E-state index contributed by atoms with van der Waals surface area (Å²) in [6.07, 6.45) is 6.21. The van der Waals surface area contributed by atoms with E-state index in [1.54, 1.807) is 11.9 Å². The highest BCUT2D eigenvalue weighted by Crippen LogP contribution is 2.14. The molecule has 1 fully saturated rings. The van der Waals surface area contributed by atoms with Gasteiger partial charge in [0.2, 0.25) is 0 Å². The summed E-state index contributed by atoms with van der Waals surface area (Å²) in [4.78, 5) is 21.5. The number of rotatable bonds is 3. The van der Waals surface area contributed by atoms with Crippen LogP contribution in [0.5, 0.6) is 0 Å². The first-order valence-electron chi connectivity index (χ1n) is 6.01. The van der Waals surface area contributed by atoms with E-state index in [2.05, 4.69) is 9.97 Å². The summed E-state index contributed by atoms with van der Waals surface area (Å²) in [5.41, 5.74) is 0.265. The van der Waals surface area contributed by atoms with Crippen molar-refractivity contribution in [3.63, 3.8) is 0 Å². The van der Waals surface area contributed by atoms with Crippen LogP contribution < -0.4 is 0 Å². The minimum Gasteiger partial charge on any atom is -0.376 e. The van der Waals surface area contributed by atoms with Crippen molar-refractivity contribution in [3.8, 4) is 0 Å². The Morgan fingerprint density at radius 3 is 3.06 bits per heavy atom. The Morgan fingerprint density at radius 2 is 2.39 bits per heavy atom. The van der Waals surface area contributed by atoms with Gasteiger partial charge in [-0.2, -0.15) is 0 Å². The van der Waals surface area contributed by atoms with Gasteiger partial charge in [0.1, 0.15) is 10.8 Å². The first kappa shape index (κ1) is 13.2. The predicted octanol–water partition coefficient (Wildman–Crippen LogP) is 1.77. The van der Waals surface area contributed by atoms with Gasteiger partial charge in [-0.3, -0.25) is 9.78 Å². The van der Waals surface area contributed by atoms with Gasteiger partial charge in [0.25, 0.3) is 5.91 Å². The Balaban J connectivity index is 1.95. The zero-order valence-corrected chi connectivity index (χ0v) is 11.1. The summed E-state index contributed by atoms with van der Waals surface area (Å²) in [6, 6.07) is 0. The Hall–Kier alpha value is -1.20. The fourth-order valence-electron chi connectivity index (χ4n) is 1.98. The standard InChI is InChI=1S/C12H16ClN3O2/c1-16(8-9-4-2-3-5-18-9)12(17)10-6-14-7-11(13)15-10/h6-7,9H,2-5,8H2,1H3. The molecule has 1 saturated heterocycles. The summed E-state index contributed by atoms with van der Waals surface area (Å²) in [6.45, 7) is 1.36. The highest BCUT2D eigenvalue weighted by molar-refractivity contribution is 6.29. The maximum Gasteiger partial charge on any atom is 0.273 e. The van der Waals surface area contributed by atoms with Crippen molar-refractivity contribution in [2.75, 3.05) is 20.2 Å². The molecule has 0 spiro atoms. The van der Waals surface area contributed by atoms with Crippen molar-refractivity contribution in [2.45, 2.75) is 25.4 Å². The number of amides is 1. The minimum atomic E-state index is -0.181. The third-order valence-corrected chi connectivity index (χ3v) is 3.10. The molecule has 0 bridgehead atoms. The summed E-state index contributed by atoms with van der Waals surface area (Å²) in [5, 5.41) is 0.225. The number of aromatic nitrogens is 2. The van der Waals surface area contributed by atoms with Crippen molar-refractivity contribution < 1.29 is 9.53 Å². The third-order valence-electron chi connectivity index (χ3n) is 2.92. The van der Waals surface area contributed by atoms with Crippen LogP contribution in [0.4, 0.5) is 0 Å². The Morgan fingerprint density at radius 1 is 1.56 bits per heavy atom. The van der Waals surface area contributed by atoms with E-state index < -0.39 is 0 Å². The average molecular weight is 270 g/mol. The largest absolute Gasteiger partial charge is 0.376 e. The molecule has 2 rings (SSSR count). The van der Waals surface area contributed by atoms with Crippen LogP contribution in [0.1, 0.15) is 29.8 Å². The lowest BCUT2D eigenvalue weighted by molar-refractivity contribution is -0.000298. The van der Waals surface area contributed by atoms with Gasteiger partial charge < -0.3 is 9.64 Å². The number of ether oxygens (including phenoxy) is 1. The van der Waals surface area contributed by atoms with E-state index in [1.807, 2.05) is 0 Å². The molecule has 98 valence electrons. The second-order valence-corrected chi connectivity index (χ2v) is 4.79. The number of likely N-dealkylation sites (N-methyl/N-ethyl adjacent to an activating group) is 1. The monoisotopic (exact) mass is 269 g/mol. The predicted molar refractivity (Wildman–Crippen MR) is 67.6 cm³/mol. The number of carbonyl (C=O) groups is 1. The molecule has 0 aliphatic carbocycles. The van der Waals surface area contributed by atoms with Crippen LogP contribution in [0.15, 0.2) is 12.4 Å². The van der Waals surface area contributed by atoms with E-state index >= 15 is 0 Å². The van der Waals surface area contributed by atoms with E-state index in [-0.39, 0.29) is 22.9 Å². The molecule has 1 atom stereocenters. The van der Waals surface area contributed by atoms with E-state index in [1.165, 1.54) is 12.4 Å². The van der Waals surface area contributed by atoms with Crippen LogP contribution in [0.25, 0.3) is 0 Å². The van der Waals surface area contributed by atoms with Crippen LogP contribution in [-0.2, 0) is 4.74 Å². The van der Waals surface area contributed by atoms with Crippen molar-refractivity contribution in [3.05, 3.63) is 23.2 Å². The van der Waals surface area contributed by atoms with Crippen LogP contribution in [0.3, 0.4) is 0 Å². The topological polar surface area (TPSA) is 55.3 Å². The number of hydrogen-bond acceptors (Lipinski definition) is 4. The number of nitrogens with zero attached hydrogens (tertiary/aromatic N) is 3. The molecule has 1 aliphatic rings. The van der Waals surface area contributed by atoms with Gasteiger partial charge in [0, 0.05) is 20.2 Å². The first-order valence-corrected chi connectivity index (χ1v) is 6.39. The van der Waals surface area contributed by atoms with Crippen molar-refractivity contribution in [1.82, 2.24) is 14.9 Å². The Labute approximate surface area is 111 Å². The van der Waals surface area contributed by atoms with E-state index in [4.69, 9.17) is 16.3 Å². The summed E-state index contributed by atoms with van der Waals surface area (Å²) in [5.74, 6) is -0.181. The van der Waals surface area contributed by atoms with Crippen LogP contribution in [-0.4, -0.2) is 47.1 Å². The molecule has 0 aromatic carbocycles. The maximum atomic E-state index is 12.1. The molecule has 2 heterocycles. The molecular weight excluding hydrogens is 254 g/mol. The SMILES string of the molecule is CN(CC1CCCCO1)C(=O)c1cncc(Cl)n1. The smallest absolute Gasteiger partial charge is 0.273 e. The fourth-order valence-corrected chi connectivity index (χ4v) is 2.13. The normalized spacial score (nSPS) is 19.6. The third kappa shape index (κ3) is 3.40. The molecule has 1 amide bonds. The number of carbonyl (C=O) groups excluding carboxylic acids is 1. The summed E-state index contributed by atoms with van der Waals surface area (Å²) >= 11 is 5.72. The zero-order chi connectivity index (χ0) is 13.0. The van der Waals surface area contributed by atoms with Gasteiger partial charge in [-0.1, -0.05) is 11.6 Å². The molecule has 1 aromatic rings. The number of hydrogen-bond donors (Lipinski definition) is 0. The fraction of sp³-hybridized carbons (Fsp3) is 0.583. The van der Waals surface area contributed by atoms with Crippen LogP contribution >= 0.6 is 11.6 Å². The van der Waals surface area contributed by atoms with Crippen LogP contribution in [0, 0.1) is 0 Å². The molecule has 1 aliphatic heterocycles. The maximum absolute atomic E-state index is 12.1.